The maximum absolute atomic E-state index is 11.9. The Morgan fingerprint density at radius 2 is 2.31 bits per heavy atom. The number of fused-ring (bicyclic) bond motifs is 1. The molecule has 16 heavy (non-hydrogen) atoms. The summed E-state index contributed by atoms with van der Waals surface area (Å²) < 4.78 is 5.35. The van der Waals surface area contributed by atoms with E-state index in [1.807, 2.05) is 18.2 Å². The third-order valence-electron chi connectivity index (χ3n) is 3.16. The molecule has 1 aromatic carbocycles. The number of allylic oxidation sites excluding steroid dienone is 1. The lowest BCUT2D eigenvalue weighted by Crippen LogP contribution is -2.20. The topological polar surface area (TPSA) is 26.3 Å². The maximum Gasteiger partial charge on any atom is 0.141 e. The number of methoxy groups -OCH3 is 1. The molecule has 0 bridgehead atoms. The van der Waals surface area contributed by atoms with Crippen LogP contribution in [0.5, 0.6) is 5.75 Å². The molecule has 84 valence electrons. The Morgan fingerprint density at radius 3 is 3.00 bits per heavy atom. The fraction of sp³-hybridized carbons (Fsp3) is 0.357. The molecule has 0 amide bonds. The molecule has 0 saturated carbocycles. The summed E-state index contributed by atoms with van der Waals surface area (Å²) in [6, 6.07) is 5.99. The Morgan fingerprint density at radius 1 is 1.50 bits per heavy atom. The highest BCUT2D eigenvalue weighted by Crippen LogP contribution is 2.37. The molecule has 0 spiro atoms. The molecule has 0 radical (unpaired) electrons. The lowest BCUT2D eigenvalue weighted by atomic mass is 9.79. The van der Waals surface area contributed by atoms with E-state index in [2.05, 4.69) is 12.6 Å². The van der Waals surface area contributed by atoms with Crippen molar-refractivity contribution in [1.82, 2.24) is 0 Å². The molecule has 0 saturated heterocycles. The highest BCUT2D eigenvalue weighted by atomic mass is 16.5. The molecule has 1 aliphatic rings. The van der Waals surface area contributed by atoms with E-state index in [4.69, 9.17) is 4.74 Å². The summed E-state index contributed by atoms with van der Waals surface area (Å²) in [6.07, 6.45) is 3.98. The van der Waals surface area contributed by atoms with E-state index >= 15 is 0 Å². The van der Waals surface area contributed by atoms with Gasteiger partial charge in [-0.15, -0.1) is 6.58 Å². The zero-order valence-corrected chi connectivity index (χ0v) is 9.53. The van der Waals surface area contributed by atoms with Gasteiger partial charge in [-0.2, -0.15) is 0 Å². The molecule has 0 N–H and O–H groups in total. The van der Waals surface area contributed by atoms with Crippen LogP contribution in [-0.4, -0.2) is 12.9 Å². The second-order valence-corrected chi connectivity index (χ2v) is 4.08. The van der Waals surface area contributed by atoms with E-state index in [-0.39, 0.29) is 5.92 Å². The number of carbonyl (C=O) groups is 1. The van der Waals surface area contributed by atoms with Crippen LogP contribution in [0.15, 0.2) is 30.9 Å². The number of aryl methyl sites for hydroxylation is 1. The van der Waals surface area contributed by atoms with E-state index < -0.39 is 0 Å². The van der Waals surface area contributed by atoms with Crippen LogP contribution in [0.25, 0.3) is 0 Å². The van der Waals surface area contributed by atoms with E-state index in [1.165, 1.54) is 5.56 Å². The number of ketones is 1. The number of rotatable bonds is 3. The summed E-state index contributed by atoms with van der Waals surface area (Å²) >= 11 is 0. The molecule has 1 aromatic rings. The van der Waals surface area contributed by atoms with Crippen molar-refractivity contribution in [2.75, 3.05) is 7.11 Å². The Labute approximate surface area is 95.9 Å². The van der Waals surface area contributed by atoms with Crippen LogP contribution in [0.3, 0.4) is 0 Å². The van der Waals surface area contributed by atoms with Crippen LogP contribution in [-0.2, 0) is 11.2 Å². The van der Waals surface area contributed by atoms with Gasteiger partial charge in [0.2, 0.25) is 0 Å². The number of hydrogen-bond acceptors (Lipinski definition) is 2. The van der Waals surface area contributed by atoms with Gasteiger partial charge in [0, 0.05) is 12.0 Å². The molecule has 2 nitrogen and oxygen atoms in total. The highest BCUT2D eigenvalue weighted by molar-refractivity contribution is 5.89. The number of benzene rings is 1. The monoisotopic (exact) mass is 216 g/mol. The first kappa shape index (κ1) is 10.9. The summed E-state index contributed by atoms with van der Waals surface area (Å²) in [5.41, 5.74) is 2.31. The average molecular weight is 216 g/mol. The van der Waals surface area contributed by atoms with Gasteiger partial charge in [-0.1, -0.05) is 18.2 Å². The van der Waals surface area contributed by atoms with Gasteiger partial charge in [0.15, 0.2) is 0 Å². The van der Waals surface area contributed by atoms with E-state index in [1.54, 1.807) is 7.11 Å². The Bertz CT molecular complexity index is 406. The van der Waals surface area contributed by atoms with Crippen molar-refractivity contribution in [2.24, 2.45) is 0 Å². The van der Waals surface area contributed by atoms with Crippen LogP contribution < -0.4 is 4.74 Å². The van der Waals surface area contributed by atoms with E-state index in [0.29, 0.717) is 18.6 Å². The van der Waals surface area contributed by atoms with Gasteiger partial charge in [0.1, 0.15) is 11.5 Å². The van der Waals surface area contributed by atoms with Crippen molar-refractivity contribution in [3.63, 3.8) is 0 Å². The maximum atomic E-state index is 11.9. The molecule has 0 heterocycles. The van der Waals surface area contributed by atoms with E-state index in [9.17, 15) is 4.79 Å². The minimum Gasteiger partial charge on any atom is -0.496 e. The van der Waals surface area contributed by atoms with Crippen LogP contribution in [0.1, 0.15) is 29.9 Å². The fourth-order valence-corrected chi connectivity index (χ4v) is 2.39. The Hall–Kier alpha value is -1.57. The number of ether oxygens (including phenoxy) is 1. The lowest BCUT2D eigenvalue weighted by Gasteiger charge is -2.25. The first-order chi connectivity index (χ1) is 7.77. The first-order valence-electron chi connectivity index (χ1n) is 5.57. The smallest absolute Gasteiger partial charge is 0.141 e. The molecular formula is C14H16O2. The van der Waals surface area contributed by atoms with Crippen LogP contribution in [0.2, 0.25) is 0 Å². The summed E-state index contributed by atoms with van der Waals surface area (Å²) in [6.45, 7) is 3.72. The fourth-order valence-electron chi connectivity index (χ4n) is 2.39. The van der Waals surface area contributed by atoms with Gasteiger partial charge >= 0.3 is 0 Å². The first-order valence-corrected chi connectivity index (χ1v) is 5.57. The quantitative estimate of drug-likeness (QED) is 0.726. The van der Waals surface area contributed by atoms with Crippen LogP contribution >= 0.6 is 0 Å². The van der Waals surface area contributed by atoms with Crippen molar-refractivity contribution < 1.29 is 9.53 Å². The van der Waals surface area contributed by atoms with Gasteiger partial charge in [-0.05, 0) is 24.5 Å². The number of Topliss-reactive ketones (excluding diaryl/α,β-unsaturated/α-hetero) is 1. The molecule has 0 fully saturated rings. The molecule has 1 atom stereocenters. The van der Waals surface area contributed by atoms with Gasteiger partial charge in [-0.3, -0.25) is 4.79 Å². The molecule has 2 heteroatoms. The minimum absolute atomic E-state index is 0.0580. The third-order valence-corrected chi connectivity index (χ3v) is 3.16. The highest BCUT2D eigenvalue weighted by Gasteiger charge is 2.29. The van der Waals surface area contributed by atoms with Gasteiger partial charge < -0.3 is 4.74 Å². The summed E-state index contributed by atoms with van der Waals surface area (Å²) in [4.78, 5) is 11.9. The minimum atomic E-state index is -0.0580. The molecule has 2 rings (SSSR count). The third kappa shape index (κ3) is 1.75. The second-order valence-electron chi connectivity index (χ2n) is 4.08. The van der Waals surface area contributed by atoms with Gasteiger partial charge in [-0.25, -0.2) is 0 Å². The zero-order chi connectivity index (χ0) is 11.5. The van der Waals surface area contributed by atoms with Gasteiger partial charge in [0.25, 0.3) is 0 Å². The standard InChI is InChI=1S/C14H16O2/c1-3-5-11-12(15)9-8-10-6-4-7-13(16-2)14(10)11/h3-4,6-7,11H,1,5,8-9H2,2H3/t11-/m0/s1. The Kier molecular flexibility index (Phi) is 3.09. The van der Waals surface area contributed by atoms with E-state index in [0.717, 1.165) is 17.7 Å². The SMILES string of the molecule is C=CC[C@H]1C(=O)CCc2cccc(OC)c21. The number of carbonyl (C=O) groups excluding carboxylic acids is 1. The van der Waals surface area contributed by atoms with Crippen molar-refractivity contribution in [2.45, 2.75) is 25.2 Å². The normalized spacial score (nSPS) is 19.1. The Balaban J connectivity index is 2.51. The van der Waals surface area contributed by atoms with Gasteiger partial charge in [0.05, 0.1) is 13.0 Å². The average Bonchev–Trinajstić information content (AvgIpc) is 2.32. The lowest BCUT2D eigenvalue weighted by molar-refractivity contribution is -0.120. The summed E-state index contributed by atoms with van der Waals surface area (Å²) in [5, 5.41) is 0. The molecule has 0 unspecified atom stereocenters. The van der Waals surface area contributed by atoms with Crippen molar-refractivity contribution in [3.8, 4) is 5.75 Å². The summed E-state index contributed by atoms with van der Waals surface area (Å²) in [7, 11) is 1.65. The molecule has 1 aliphatic carbocycles. The van der Waals surface area contributed by atoms with Crippen LogP contribution in [0.4, 0.5) is 0 Å². The second kappa shape index (κ2) is 4.52. The summed E-state index contributed by atoms with van der Waals surface area (Å²) in [5.74, 6) is 1.08. The zero-order valence-electron chi connectivity index (χ0n) is 9.53. The largest absolute Gasteiger partial charge is 0.496 e. The van der Waals surface area contributed by atoms with Crippen molar-refractivity contribution >= 4 is 5.78 Å². The molecular weight excluding hydrogens is 200 g/mol. The van der Waals surface area contributed by atoms with Crippen molar-refractivity contribution in [1.29, 1.82) is 0 Å². The molecule has 0 aromatic heterocycles. The number of hydrogen-bond donors (Lipinski definition) is 0. The van der Waals surface area contributed by atoms with Crippen LogP contribution in [0, 0.1) is 0 Å². The predicted octanol–water partition coefficient (Wildman–Crippen LogP) is 2.87. The molecule has 0 aliphatic heterocycles. The predicted molar refractivity (Wildman–Crippen MR) is 63.9 cm³/mol. The van der Waals surface area contributed by atoms with Crippen molar-refractivity contribution in [3.05, 3.63) is 42.0 Å².